The number of ether oxygens (including phenoxy) is 1. The Labute approximate surface area is 95.8 Å². The minimum absolute atomic E-state index is 0.215. The molecule has 0 radical (unpaired) electrons. The van der Waals surface area contributed by atoms with Crippen molar-refractivity contribution >= 4 is 11.7 Å². The van der Waals surface area contributed by atoms with Gasteiger partial charge in [0.2, 0.25) is 0 Å². The molecule has 0 spiro atoms. The number of nitrogens with one attached hydrogen (secondary N) is 1. The van der Waals surface area contributed by atoms with Crippen LogP contribution in [0.2, 0.25) is 0 Å². The zero-order chi connectivity index (χ0) is 12.1. The zero-order valence-corrected chi connectivity index (χ0v) is 10.3. The monoisotopic (exact) mass is 225 g/mol. The van der Waals surface area contributed by atoms with E-state index in [4.69, 9.17) is 4.74 Å². The first-order valence-electron chi connectivity index (χ1n) is 5.51. The van der Waals surface area contributed by atoms with Crippen LogP contribution in [-0.2, 0) is 16.6 Å². The van der Waals surface area contributed by atoms with Crippen molar-refractivity contribution in [2.75, 3.05) is 11.9 Å². The summed E-state index contributed by atoms with van der Waals surface area (Å²) in [7, 11) is 1.85. The summed E-state index contributed by atoms with van der Waals surface area (Å²) in [5, 5.41) is 7.35. The van der Waals surface area contributed by atoms with E-state index in [9.17, 15) is 4.79 Å². The summed E-state index contributed by atoms with van der Waals surface area (Å²) in [6, 6.07) is -0.303. The minimum Gasteiger partial charge on any atom is -0.464 e. The van der Waals surface area contributed by atoms with Crippen molar-refractivity contribution in [3.8, 4) is 0 Å². The first-order valence-corrected chi connectivity index (χ1v) is 5.51. The average Bonchev–Trinajstić information content (AvgIpc) is 2.54. The van der Waals surface area contributed by atoms with Gasteiger partial charge in [0, 0.05) is 13.2 Å². The number of rotatable bonds is 5. The summed E-state index contributed by atoms with van der Waals surface area (Å²) in [6.07, 6.45) is 2.55. The van der Waals surface area contributed by atoms with Crippen molar-refractivity contribution in [2.24, 2.45) is 7.05 Å². The second-order valence-electron chi connectivity index (χ2n) is 3.66. The fourth-order valence-electron chi connectivity index (χ4n) is 1.50. The van der Waals surface area contributed by atoms with Crippen LogP contribution in [0.4, 0.5) is 5.69 Å². The quantitative estimate of drug-likeness (QED) is 0.771. The Morgan fingerprint density at radius 2 is 2.31 bits per heavy atom. The van der Waals surface area contributed by atoms with Crippen LogP contribution in [0, 0.1) is 6.92 Å². The molecule has 1 N–H and O–H groups in total. The highest BCUT2D eigenvalue weighted by Crippen LogP contribution is 2.14. The number of esters is 1. The molecule has 0 saturated carbocycles. The van der Waals surface area contributed by atoms with Crippen LogP contribution >= 0.6 is 0 Å². The third-order valence-electron chi connectivity index (χ3n) is 2.32. The Morgan fingerprint density at radius 3 is 2.75 bits per heavy atom. The third kappa shape index (κ3) is 2.98. The van der Waals surface area contributed by atoms with Gasteiger partial charge >= 0.3 is 5.97 Å². The molecule has 16 heavy (non-hydrogen) atoms. The molecule has 0 aliphatic rings. The topological polar surface area (TPSA) is 56.1 Å². The number of hydrogen-bond acceptors (Lipinski definition) is 4. The molecule has 0 saturated heterocycles. The van der Waals surface area contributed by atoms with E-state index in [1.165, 1.54) is 0 Å². The molecule has 90 valence electrons. The lowest BCUT2D eigenvalue weighted by Gasteiger charge is -2.15. The van der Waals surface area contributed by atoms with Crippen molar-refractivity contribution < 1.29 is 9.53 Å². The van der Waals surface area contributed by atoms with Crippen LogP contribution in [0.1, 0.15) is 26.0 Å². The average molecular weight is 225 g/mol. The van der Waals surface area contributed by atoms with Crippen molar-refractivity contribution in [1.29, 1.82) is 0 Å². The highest BCUT2D eigenvalue weighted by atomic mass is 16.5. The SMILES string of the molecule is CCOC(=O)C(CC)Nc1cn(C)nc1C. The van der Waals surface area contributed by atoms with Gasteiger partial charge in [-0.15, -0.1) is 0 Å². The first-order chi connectivity index (χ1) is 7.58. The van der Waals surface area contributed by atoms with Gasteiger partial charge in [-0.25, -0.2) is 4.79 Å². The van der Waals surface area contributed by atoms with Gasteiger partial charge < -0.3 is 10.1 Å². The molecule has 5 heteroatoms. The maximum Gasteiger partial charge on any atom is 0.328 e. The number of nitrogens with zero attached hydrogens (tertiary/aromatic N) is 2. The smallest absolute Gasteiger partial charge is 0.328 e. The maximum absolute atomic E-state index is 11.6. The molecule has 1 rings (SSSR count). The number of carbonyl (C=O) groups excluding carboxylic acids is 1. The number of aryl methyl sites for hydroxylation is 2. The molecule has 0 bridgehead atoms. The van der Waals surface area contributed by atoms with Gasteiger partial charge in [0.15, 0.2) is 0 Å². The Hall–Kier alpha value is -1.52. The highest BCUT2D eigenvalue weighted by molar-refractivity contribution is 5.79. The van der Waals surface area contributed by atoms with E-state index in [0.717, 1.165) is 11.4 Å². The van der Waals surface area contributed by atoms with Gasteiger partial charge in [0.05, 0.1) is 18.0 Å². The summed E-state index contributed by atoms with van der Waals surface area (Å²) in [4.78, 5) is 11.6. The highest BCUT2D eigenvalue weighted by Gasteiger charge is 2.18. The fraction of sp³-hybridized carbons (Fsp3) is 0.636. The normalized spacial score (nSPS) is 12.2. The molecule has 0 aromatic carbocycles. The molecule has 0 amide bonds. The predicted molar refractivity (Wildman–Crippen MR) is 62.3 cm³/mol. The molecule has 1 heterocycles. The van der Waals surface area contributed by atoms with Gasteiger partial charge in [0.1, 0.15) is 6.04 Å². The molecule has 0 aliphatic heterocycles. The third-order valence-corrected chi connectivity index (χ3v) is 2.32. The number of carbonyl (C=O) groups is 1. The molecule has 1 aromatic rings. The van der Waals surface area contributed by atoms with Crippen molar-refractivity contribution in [3.05, 3.63) is 11.9 Å². The van der Waals surface area contributed by atoms with E-state index in [0.29, 0.717) is 13.0 Å². The largest absolute Gasteiger partial charge is 0.464 e. The van der Waals surface area contributed by atoms with Crippen LogP contribution in [-0.4, -0.2) is 28.4 Å². The van der Waals surface area contributed by atoms with Crippen molar-refractivity contribution in [1.82, 2.24) is 9.78 Å². The lowest BCUT2D eigenvalue weighted by molar-refractivity contribution is -0.144. The summed E-state index contributed by atoms with van der Waals surface area (Å²) in [6.45, 7) is 6.06. The second-order valence-corrected chi connectivity index (χ2v) is 3.66. The van der Waals surface area contributed by atoms with E-state index >= 15 is 0 Å². The van der Waals surface area contributed by atoms with Gasteiger partial charge in [-0.05, 0) is 20.3 Å². The Balaban J connectivity index is 2.70. The lowest BCUT2D eigenvalue weighted by Crippen LogP contribution is -2.30. The minimum atomic E-state index is -0.303. The van der Waals surface area contributed by atoms with Crippen molar-refractivity contribution in [2.45, 2.75) is 33.2 Å². The first kappa shape index (κ1) is 12.5. The van der Waals surface area contributed by atoms with Gasteiger partial charge in [-0.1, -0.05) is 6.92 Å². The maximum atomic E-state index is 11.6. The number of aromatic nitrogens is 2. The van der Waals surface area contributed by atoms with Crippen LogP contribution in [0.3, 0.4) is 0 Å². The predicted octanol–water partition coefficient (Wildman–Crippen LogP) is 1.48. The molecular weight excluding hydrogens is 206 g/mol. The summed E-state index contributed by atoms with van der Waals surface area (Å²) >= 11 is 0. The van der Waals surface area contributed by atoms with Gasteiger partial charge in [-0.2, -0.15) is 5.10 Å². The molecule has 0 fully saturated rings. The van der Waals surface area contributed by atoms with E-state index in [2.05, 4.69) is 10.4 Å². The van der Waals surface area contributed by atoms with Crippen LogP contribution in [0.15, 0.2) is 6.20 Å². The van der Waals surface area contributed by atoms with Crippen LogP contribution in [0.25, 0.3) is 0 Å². The van der Waals surface area contributed by atoms with E-state index in [-0.39, 0.29) is 12.0 Å². The van der Waals surface area contributed by atoms with Crippen LogP contribution in [0.5, 0.6) is 0 Å². The summed E-state index contributed by atoms with van der Waals surface area (Å²) in [5.74, 6) is -0.215. The molecule has 1 unspecified atom stereocenters. The van der Waals surface area contributed by atoms with E-state index in [1.807, 2.05) is 27.1 Å². The van der Waals surface area contributed by atoms with Gasteiger partial charge in [0.25, 0.3) is 0 Å². The number of anilines is 1. The van der Waals surface area contributed by atoms with E-state index < -0.39 is 0 Å². The van der Waals surface area contributed by atoms with E-state index in [1.54, 1.807) is 11.6 Å². The summed E-state index contributed by atoms with van der Waals surface area (Å²) < 4.78 is 6.70. The Bertz CT molecular complexity index is 360. The molecule has 1 atom stereocenters. The Morgan fingerprint density at radius 1 is 1.62 bits per heavy atom. The number of hydrogen-bond donors (Lipinski definition) is 1. The van der Waals surface area contributed by atoms with Crippen molar-refractivity contribution in [3.63, 3.8) is 0 Å². The van der Waals surface area contributed by atoms with Crippen LogP contribution < -0.4 is 5.32 Å². The Kier molecular flexibility index (Phi) is 4.34. The molecule has 0 aliphatic carbocycles. The molecule has 1 aromatic heterocycles. The molecule has 5 nitrogen and oxygen atoms in total. The molecular formula is C11H19N3O2. The standard InChI is InChI=1S/C11H19N3O2/c1-5-9(11(15)16-6-2)12-10-7-14(4)13-8(10)3/h7,9,12H,5-6H2,1-4H3. The lowest BCUT2D eigenvalue weighted by atomic mass is 10.2. The second kappa shape index (κ2) is 5.53. The zero-order valence-electron chi connectivity index (χ0n) is 10.3. The van der Waals surface area contributed by atoms with Gasteiger partial charge in [-0.3, -0.25) is 4.68 Å². The fourth-order valence-corrected chi connectivity index (χ4v) is 1.50. The summed E-state index contributed by atoms with van der Waals surface area (Å²) in [5.41, 5.74) is 1.76.